The molecule has 1 aromatic carbocycles. The van der Waals surface area contributed by atoms with Crippen LogP contribution in [0.15, 0.2) is 17.0 Å². The van der Waals surface area contributed by atoms with E-state index in [1.54, 1.807) is 0 Å². The molecule has 1 N–H and O–H groups in total. The molecule has 0 aromatic heterocycles. The second-order valence-electron chi connectivity index (χ2n) is 3.71. The van der Waals surface area contributed by atoms with E-state index in [-0.39, 0.29) is 18.1 Å². The van der Waals surface area contributed by atoms with Gasteiger partial charge in [0.2, 0.25) is 10.0 Å². The normalized spacial score (nSPS) is 11.3. The maximum Gasteiger partial charge on any atom is 0.338 e. The van der Waals surface area contributed by atoms with Gasteiger partial charge in [-0.2, -0.15) is 4.31 Å². The average Bonchev–Trinajstić information content (AvgIpc) is 2.37. The van der Waals surface area contributed by atoms with Crippen LogP contribution in [0.1, 0.15) is 17.3 Å². The van der Waals surface area contributed by atoms with Gasteiger partial charge in [-0.25, -0.2) is 17.6 Å². The first-order chi connectivity index (χ1) is 9.25. The van der Waals surface area contributed by atoms with Gasteiger partial charge in [0, 0.05) is 11.6 Å². The molecule has 0 aliphatic heterocycles. The molecule has 0 aliphatic carbocycles. The van der Waals surface area contributed by atoms with Gasteiger partial charge in [-0.3, -0.25) is 0 Å². The van der Waals surface area contributed by atoms with Crippen molar-refractivity contribution in [3.8, 4) is 12.3 Å². The summed E-state index contributed by atoms with van der Waals surface area (Å²) in [5.41, 5.74) is -0.812. The van der Waals surface area contributed by atoms with E-state index in [1.165, 1.54) is 6.92 Å². The van der Waals surface area contributed by atoms with Crippen LogP contribution in [-0.2, 0) is 10.0 Å². The van der Waals surface area contributed by atoms with E-state index in [9.17, 15) is 17.6 Å². The fourth-order valence-electron chi connectivity index (χ4n) is 1.52. The van der Waals surface area contributed by atoms with Gasteiger partial charge in [0.1, 0.15) is 4.90 Å². The first-order valence-electron chi connectivity index (χ1n) is 5.41. The molecule has 0 saturated carbocycles. The van der Waals surface area contributed by atoms with Gasteiger partial charge in [-0.15, -0.1) is 6.42 Å². The summed E-state index contributed by atoms with van der Waals surface area (Å²) < 4.78 is 39.4. The molecule has 1 rings (SSSR count). The SMILES string of the molecule is C#CCN(CC)S(=O)(=O)c1cc(Cl)cc(C(=O)O)c1F. The number of hydrogen-bond donors (Lipinski definition) is 1. The number of aromatic carboxylic acids is 1. The number of carboxylic acid groups (broad SMARTS) is 1. The second-order valence-corrected chi connectivity index (χ2v) is 6.05. The van der Waals surface area contributed by atoms with E-state index >= 15 is 0 Å². The van der Waals surface area contributed by atoms with Crippen LogP contribution in [0.5, 0.6) is 0 Å². The molecule has 8 heteroatoms. The van der Waals surface area contributed by atoms with Crippen LogP contribution in [0, 0.1) is 18.2 Å². The molecule has 0 unspecified atom stereocenters. The largest absolute Gasteiger partial charge is 0.478 e. The van der Waals surface area contributed by atoms with Crippen LogP contribution >= 0.6 is 11.6 Å². The maximum atomic E-state index is 14.0. The molecule has 0 atom stereocenters. The molecule has 0 fully saturated rings. The topological polar surface area (TPSA) is 74.7 Å². The number of terminal acetylenes is 1. The Morgan fingerprint density at radius 1 is 1.55 bits per heavy atom. The molecule has 20 heavy (non-hydrogen) atoms. The molecule has 0 spiro atoms. The Hall–Kier alpha value is -1.62. The number of hydrogen-bond acceptors (Lipinski definition) is 3. The Morgan fingerprint density at radius 3 is 2.60 bits per heavy atom. The van der Waals surface area contributed by atoms with Crippen molar-refractivity contribution in [3.63, 3.8) is 0 Å². The third kappa shape index (κ3) is 3.10. The zero-order chi connectivity index (χ0) is 15.5. The number of carbonyl (C=O) groups is 1. The van der Waals surface area contributed by atoms with Gasteiger partial charge < -0.3 is 5.11 Å². The molecule has 1 aromatic rings. The smallest absolute Gasteiger partial charge is 0.338 e. The van der Waals surface area contributed by atoms with E-state index in [0.717, 1.165) is 16.4 Å². The van der Waals surface area contributed by atoms with Crippen molar-refractivity contribution in [1.29, 1.82) is 0 Å². The van der Waals surface area contributed by atoms with Gasteiger partial charge >= 0.3 is 5.97 Å². The Labute approximate surface area is 121 Å². The van der Waals surface area contributed by atoms with Crippen LogP contribution < -0.4 is 0 Å². The highest BCUT2D eigenvalue weighted by molar-refractivity contribution is 7.89. The van der Waals surface area contributed by atoms with Crippen molar-refractivity contribution in [1.82, 2.24) is 4.31 Å². The minimum Gasteiger partial charge on any atom is -0.478 e. The molecule has 0 bridgehead atoms. The Morgan fingerprint density at radius 2 is 2.15 bits per heavy atom. The zero-order valence-electron chi connectivity index (χ0n) is 10.4. The molecule has 0 radical (unpaired) electrons. The summed E-state index contributed by atoms with van der Waals surface area (Å²) in [6, 6.07) is 1.70. The Balaban J connectivity index is 3.54. The fourth-order valence-corrected chi connectivity index (χ4v) is 3.27. The van der Waals surface area contributed by atoms with Crippen LogP contribution in [0.3, 0.4) is 0 Å². The number of rotatable bonds is 5. The lowest BCUT2D eigenvalue weighted by molar-refractivity contribution is 0.0691. The third-order valence-electron chi connectivity index (χ3n) is 2.47. The molecule has 108 valence electrons. The summed E-state index contributed by atoms with van der Waals surface area (Å²) in [7, 11) is -4.25. The maximum absolute atomic E-state index is 14.0. The molecule has 0 saturated heterocycles. The summed E-state index contributed by atoms with van der Waals surface area (Å²) in [6.45, 7) is 1.28. The summed E-state index contributed by atoms with van der Waals surface area (Å²) in [6.07, 6.45) is 5.06. The lowest BCUT2D eigenvalue weighted by Gasteiger charge is -2.18. The molecule has 5 nitrogen and oxygen atoms in total. The first-order valence-corrected chi connectivity index (χ1v) is 7.23. The summed E-state index contributed by atoms with van der Waals surface area (Å²) in [5, 5.41) is 8.64. The number of halogens is 2. The summed E-state index contributed by atoms with van der Waals surface area (Å²) in [4.78, 5) is 10.1. The minimum atomic E-state index is -4.25. The number of carboxylic acids is 1. The molecular formula is C12H11ClFNO4S. The summed E-state index contributed by atoms with van der Waals surface area (Å²) in [5.74, 6) is -0.832. The Kier molecular flexibility index (Phi) is 5.11. The molecular weight excluding hydrogens is 309 g/mol. The highest BCUT2D eigenvalue weighted by Crippen LogP contribution is 2.26. The predicted molar refractivity (Wildman–Crippen MR) is 71.6 cm³/mol. The van der Waals surface area contributed by atoms with Crippen LogP contribution in [-0.4, -0.2) is 36.9 Å². The summed E-state index contributed by atoms with van der Waals surface area (Å²) >= 11 is 5.64. The first kappa shape index (κ1) is 16.4. The lowest BCUT2D eigenvalue weighted by Crippen LogP contribution is -2.32. The van der Waals surface area contributed by atoms with E-state index in [4.69, 9.17) is 23.1 Å². The fraction of sp³-hybridized carbons (Fsp3) is 0.250. The van der Waals surface area contributed by atoms with Gasteiger partial charge in [-0.1, -0.05) is 24.4 Å². The molecule has 0 amide bonds. The minimum absolute atomic E-state index is 0.0148. The average molecular weight is 320 g/mol. The standard InChI is InChI=1S/C12H11ClFNO4S/c1-3-5-15(4-2)20(18,19)10-7-8(13)6-9(11(10)14)12(16)17/h1,6-7H,4-5H2,2H3,(H,16,17). The zero-order valence-corrected chi connectivity index (χ0v) is 12.0. The number of nitrogens with zero attached hydrogens (tertiary/aromatic N) is 1. The van der Waals surface area contributed by atoms with Crippen molar-refractivity contribution in [2.45, 2.75) is 11.8 Å². The predicted octanol–water partition coefficient (Wildman–Crippen LogP) is 1.82. The highest BCUT2D eigenvalue weighted by atomic mass is 35.5. The number of sulfonamides is 1. The van der Waals surface area contributed by atoms with Gasteiger partial charge in [-0.05, 0) is 12.1 Å². The van der Waals surface area contributed by atoms with E-state index in [1.807, 2.05) is 0 Å². The van der Waals surface area contributed by atoms with E-state index in [2.05, 4.69) is 5.92 Å². The van der Waals surface area contributed by atoms with E-state index < -0.39 is 32.3 Å². The monoisotopic (exact) mass is 319 g/mol. The van der Waals surface area contributed by atoms with Crippen molar-refractivity contribution in [2.24, 2.45) is 0 Å². The second kappa shape index (κ2) is 6.22. The lowest BCUT2D eigenvalue weighted by atomic mass is 10.2. The van der Waals surface area contributed by atoms with Crippen LogP contribution in [0.2, 0.25) is 5.02 Å². The quantitative estimate of drug-likeness (QED) is 0.840. The van der Waals surface area contributed by atoms with Gasteiger partial charge in [0.05, 0.1) is 12.1 Å². The Bertz CT molecular complexity index is 681. The van der Waals surface area contributed by atoms with Gasteiger partial charge in [0.15, 0.2) is 5.82 Å². The highest BCUT2D eigenvalue weighted by Gasteiger charge is 2.29. The molecule has 0 aliphatic rings. The van der Waals surface area contributed by atoms with Crippen molar-refractivity contribution < 1.29 is 22.7 Å². The van der Waals surface area contributed by atoms with Crippen LogP contribution in [0.4, 0.5) is 4.39 Å². The van der Waals surface area contributed by atoms with Gasteiger partial charge in [0.25, 0.3) is 0 Å². The van der Waals surface area contributed by atoms with E-state index in [0.29, 0.717) is 0 Å². The van der Waals surface area contributed by atoms with Crippen molar-refractivity contribution in [3.05, 3.63) is 28.5 Å². The molecule has 0 heterocycles. The van der Waals surface area contributed by atoms with Crippen molar-refractivity contribution in [2.75, 3.05) is 13.1 Å². The van der Waals surface area contributed by atoms with Crippen LogP contribution in [0.25, 0.3) is 0 Å². The third-order valence-corrected chi connectivity index (χ3v) is 4.61. The number of benzene rings is 1. The van der Waals surface area contributed by atoms with Crippen molar-refractivity contribution >= 4 is 27.6 Å².